The van der Waals surface area contributed by atoms with E-state index in [1.807, 2.05) is 30.3 Å². The molecule has 16 heavy (non-hydrogen) atoms. The number of nitrogens with two attached hydrogens (primary N) is 1. The lowest BCUT2D eigenvalue weighted by Crippen LogP contribution is -2.31. The predicted molar refractivity (Wildman–Crippen MR) is 60.0 cm³/mol. The molecular weight excluding hydrogens is 206 g/mol. The Morgan fingerprint density at radius 1 is 1.25 bits per heavy atom. The topological polar surface area (TPSA) is 80.4 Å². The van der Waals surface area contributed by atoms with Gasteiger partial charge >= 0.3 is 5.97 Å². The van der Waals surface area contributed by atoms with E-state index in [9.17, 15) is 9.59 Å². The van der Waals surface area contributed by atoms with Crippen LogP contribution in [-0.2, 0) is 16.0 Å². The molecule has 86 valence electrons. The highest BCUT2D eigenvalue weighted by Gasteiger charge is 2.23. The van der Waals surface area contributed by atoms with Crippen molar-refractivity contribution in [3.05, 3.63) is 35.9 Å². The van der Waals surface area contributed by atoms with Gasteiger partial charge in [-0.25, -0.2) is 0 Å². The number of hydrogen-bond donors (Lipinski definition) is 2. The summed E-state index contributed by atoms with van der Waals surface area (Å²) in [5.41, 5.74) is 6.27. The largest absolute Gasteiger partial charge is 0.481 e. The van der Waals surface area contributed by atoms with Crippen LogP contribution in [0.25, 0.3) is 0 Å². The van der Waals surface area contributed by atoms with Crippen molar-refractivity contribution in [2.75, 3.05) is 6.54 Å². The van der Waals surface area contributed by atoms with Crippen molar-refractivity contribution in [1.29, 1.82) is 0 Å². The molecule has 0 aliphatic rings. The summed E-state index contributed by atoms with van der Waals surface area (Å²) < 4.78 is 0. The molecule has 1 aromatic carbocycles. The van der Waals surface area contributed by atoms with Gasteiger partial charge in [-0.3, -0.25) is 9.59 Å². The second-order valence-corrected chi connectivity index (χ2v) is 3.58. The van der Waals surface area contributed by atoms with Crippen molar-refractivity contribution in [2.24, 2.45) is 11.7 Å². The van der Waals surface area contributed by atoms with Gasteiger partial charge in [0.15, 0.2) is 0 Å². The first-order chi connectivity index (χ1) is 7.65. The number of carboxylic acid groups (broad SMARTS) is 1. The van der Waals surface area contributed by atoms with Crippen LogP contribution in [-0.4, -0.2) is 23.4 Å². The van der Waals surface area contributed by atoms with Gasteiger partial charge in [-0.2, -0.15) is 0 Å². The number of carbonyl (C=O) groups excluding carboxylic acids is 1. The van der Waals surface area contributed by atoms with Gasteiger partial charge in [0.25, 0.3) is 0 Å². The highest BCUT2D eigenvalue weighted by Crippen LogP contribution is 2.07. The first-order valence-electron chi connectivity index (χ1n) is 5.14. The lowest BCUT2D eigenvalue weighted by Gasteiger charge is -2.08. The van der Waals surface area contributed by atoms with Crippen LogP contribution >= 0.6 is 0 Å². The number of carboxylic acids is 1. The van der Waals surface area contributed by atoms with Crippen molar-refractivity contribution in [3.8, 4) is 0 Å². The molecule has 0 spiro atoms. The molecule has 1 unspecified atom stereocenters. The smallest absolute Gasteiger partial charge is 0.315 e. The number of hydrogen-bond acceptors (Lipinski definition) is 3. The number of aliphatic carboxylic acids is 1. The number of ketones is 1. The summed E-state index contributed by atoms with van der Waals surface area (Å²) >= 11 is 0. The van der Waals surface area contributed by atoms with E-state index in [0.717, 1.165) is 5.56 Å². The minimum atomic E-state index is -1.14. The fourth-order valence-corrected chi connectivity index (χ4v) is 1.46. The van der Waals surface area contributed by atoms with E-state index in [1.54, 1.807) is 0 Å². The van der Waals surface area contributed by atoms with Gasteiger partial charge in [-0.15, -0.1) is 0 Å². The first-order valence-corrected chi connectivity index (χ1v) is 5.14. The second kappa shape index (κ2) is 6.02. The Labute approximate surface area is 94.1 Å². The molecule has 1 aromatic rings. The van der Waals surface area contributed by atoms with Crippen molar-refractivity contribution in [3.63, 3.8) is 0 Å². The highest BCUT2D eigenvalue weighted by molar-refractivity contribution is 5.98. The molecular formula is C12H15NO3. The van der Waals surface area contributed by atoms with Crippen molar-refractivity contribution in [2.45, 2.75) is 12.8 Å². The normalized spacial score (nSPS) is 12.1. The maximum absolute atomic E-state index is 11.5. The summed E-state index contributed by atoms with van der Waals surface area (Å²) in [6.07, 6.45) is 0.779. The van der Waals surface area contributed by atoms with Crippen LogP contribution in [0.4, 0.5) is 0 Å². The number of aryl methyl sites for hydroxylation is 1. The molecule has 0 heterocycles. The van der Waals surface area contributed by atoms with Crippen LogP contribution in [0.1, 0.15) is 12.0 Å². The Morgan fingerprint density at radius 3 is 2.38 bits per heavy atom. The molecule has 4 heteroatoms. The number of carbonyl (C=O) groups is 2. The van der Waals surface area contributed by atoms with E-state index in [4.69, 9.17) is 10.8 Å². The average molecular weight is 221 g/mol. The second-order valence-electron chi connectivity index (χ2n) is 3.58. The van der Waals surface area contributed by atoms with Crippen molar-refractivity contribution < 1.29 is 14.7 Å². The van der Waals surface area contributed by atoms with E-state index in [1.165, 1.54) is 0 Å². The number of rotatable bonds is 6. The molecule has 0 bridgehead atoms. The fourth-order valence-electron chi connectivity index (χ4n) is 1.46. The third kappa shape index (κ3) is 3.47. The van der Waals surface area contributed by atoms with Crippen LogP contribution in [0, 0.1) is 5.92 Å². The molecule has 0 saturated heterocycles. The molecule has 0 fully saturated rings. The first kappa shape index (κ1) is 12.4. The van der Waals surface area contributed by atoms with E-state index >= 15 is 0 Å². The molecule has 0 radical (unpaired) electrons. The van der Waals surface area contributed by atoms with Crippen LogP contribution in [0.3, 0.4) is 0 Å². The minimum absolute atomic E-state index is 0.136. The third-order valence-electron chi connectivity index (χ3n) is 2.43. The minimum Gasteiger partial charge on any atom is -0.481 e. The molecule has 1 atom stereocenters. The lowest BCUT2D eigenvalue weighted by atomic mass is 9.98. The Balaban J connectivity index is 2.49. The molecule has 0 aliphatic carbocycles. The van der Waals surface area contributed by atoms with Crippen LogP contribution in [0.2, 0.25) is 0 Å². The van der Waals surface area contributed by atoms with Crippen molar-refractivity contribution >= 4 is 11.8 Å². The molecule has 0 amide bonds. The standard InChI is InChI=1S/C12H15NO3/c13-8-10(12(15)16)11(14)7-6-9-4-2-1-3-5-9/h1-5,10H,6-8,13H2,(H,15,16). The Morgan fingerprint density at radius 2 is 1.88 bits per heavy atom. The third-order valence-corrected chi connectivity index (χ3v) is 2.43. The zero-order valence-corrected chi connectivity index (χ0v) is 8.93. The quantitative estimate of drug-likeness (QED) is 0.698. The zero-order chi connectivity index (χ0) is 12.0. The van der Waals surface area contributed by atoms with Crippen molar-refractivity contribution in [1.82, 2.24) is 0 Å². The monoisotopic (exact) mass is 221 g/mol. The molecule has 0 aliphatic heterocycles. The fraction of sp³-hybridized carbons (Fsp3) is 0.333. The molecule has 0 saturated carbocycles. The predicted octanol–water partition coefficient (Wildman–Crippen LogP) is 0.848. The van der Waals surface area contributed by atoms with E-state index in [0.29, 0.717) is 6.42 Å². The molecule has 4 nitrogen and oxygen atoms in total. The van der Waals surface area contributed by atoms with Gasteiger partial charge in [-0.05, 0) is 12.0 Å². The van der Waals surface area contributed by atoms with E-state index in [-0.39, 0.29) is 18.7 Å². The summed E-state index contributed by atoms with van der Waals surface area (Å²) in [6.45, 7) is -0.136. The number of Topliss-reactive ketones (excluding diaryl/α,β-unsaturated/α-hetero) is 1. The van der Waals surface area contributed by atoms with Gasteiger partial charge in [0.2, 0.25) is 0 Å². The van der Waals surface area contributed by atoms with Crippen LogP contribution in [0.5, 0.6) is 0 Å². The Hall–Kier alpha value is -1.68. The lowest BCUT2D eigenvalue weighted by molar-refractivity contribution is -0.145. The van der Waals surface area contributed by atoms with E-state index < -0.39 is 11.9 Å². The number of benzene rings is 1. The van der Waals surface area contributed by atoms with Crippen LogP contribution in [0.15, 0.2) is 30.3 Å². The summed E-state index contributed by atoms with van der Waals surface area (Å²) in [5, 5.41) is 8.74. The summed E-state index contributed by atoms with van der Waals surface area (Å²) in [4.78, 5) is 22.2. The van der Waals surface area contributed by atoms with Crippen LogP contribution < -0.4 is 5.73 Å². The SMILES string of the molecule is NCC(C(=O)O)C(=O)CCc1ccccc1. The van der Waals surface area contributed by atoms with Gasteiger partial charge in [-0.1, -0.05) is 30.3 Å². The maximum Gasteiger partial charge on any atom is 0.315 e. The Bertz CT molecular complexity index is 362. The summed E-state index contributed by atoms with van der Waals surface area (Å²) in [7, 11) is 0. The molecule has 3 N–H and O–H groups in total. The molecule has 1 rings (SSSR count). The van der Waals surface area contributed by atoms with Gasteiger partial charge in [0, 0.05) is 13.0 Å². The molecule has 0 aromatic heterocycles. The Kier molecular flexibility index (Phi) is 4.66. The van der Waals surface area contributed by atoms with E-state index in [2.05, 4.69) is 0 Å². The summed E-state index contributed by atoms with van der Waals surface area (Å²) in [5.74, 6) is -2.51. The summed E-state index contributed by atoms with van der Waals surface area (Å²) in [6, 6.07) is 9.48. The maximum atomic E-state index is 11.5. The zero-order valence-electron chi connectivity index (χ0n) is 8.93. The van der Waals surface area contributed by atoms with Gasteiger partial charge in [0.05, 0.1) is 0 Å². The van der Waals surface area contributed by atoms with Gasteiger partial charge < -0.3 is 10.8 Å². The highest BCUT2D eigenvalue weighted by atomic mass is 16.4. The average Bonchev–Trinajstić information content (AvgIpc) is 2.28. The van der Waals surface area contributed by atoms with Gasteiger partial charge in [0.1, 0.15) is 11.7 Å².